The van der Waals surface area contributed by atoms with Crippen LogP contribution in [-0.4, -0.2) is 24.9 Å². The zero-order valence-electron chi connectivity index (χ0n) is 12.7. The van der Waals surface area contributed by atoms with E-state index in [9.17, 15) is 4.79 Å². The third kappa shape index (κ3) is 2.55. The molecule has 1 heterocycles. The third-order valence-corrected chi connectivity index (χ3v) is 3.78. The summed E-state index contributed by atoms with van der Waals surface area (Å²) in [6.45, 7) is 2.12. The average Bonchev–Trinajstić information content (AvgIpc) is 2.81. The van der Waals surface area contributed by atoms with Crippen LogP contribution in [0.1, 0.15) is 23.6 Å². The molecule has 4 nitrogen and oxygen atoms in total. The van der Waals surface area contributed by atoms with E-state index in [1.165, 1.54) is 5.56 Å². The Balaban J connectivity index is 1.86. The number of anilines is 1. The number of likely N-dealkylation sites (N-methyl/N-ethyl adjacent to an activating group) is 1. The molecule has 1 amide bonds. The lowest BCUT2D eigenvalue weighted by Crippen LogP contribution is -2.25. The molecule has 1 aliphatic heterocycles. The zero-order chi connectivity index (χ0) is 15.5. The fourth-order valence-corrected chi connectivity index (χ4v) is 2.44. The predicted molar refractivity (Wildman–Crippen MR) is 89.8 cm³/mol. The van der Waals surface area contributed by atoms with Gasteiger partial charge >= 0.3 is 0 Å². The third-order valence-electron chi connectivity index (χ3n) is 3.78. The summed E-state index contributed by atoms with van der Waals surface area (Å²) in [6.07, 6.45) is 2.68. The van der Waals surface area contributed by atoms with Crippen LogP contribution >= 0.6 is 0 Å². The van der Waals surface area contributed by atoms with Crippen LogP contribution in [0.4, 0.5) is 5.69 Å². The Hall–Kier alpha value is -2.75. The number of rotatable bonds is 3. The van der Waals surface area contributed by atoms with Crippen LogP contribution in [0, 0.1) is 0 Å². The normalized spacial score (nSPS) is 15.8. The first-order valence-electron chi connectivity index (χ1n) is 7.28. The fraction of sp³-hybridized carbons (Fsp3) is 0.167. The molecule has 0 N–H and O–H groups in total. The van der Waals surface area contributed by atoms with Crippen molar-refractivity contribution in [2.24, 2.45) is 10.2 Å². The number of fused-ring (bicyclic) bond motifs is 1. The number of hydrogen-bond donors (Lipinski definition) is 0. The molecule has 3 rings (SSSR count). The molecule has 0 atom stereocenters. The maximum Gasteiger partial charge on any atom is 0.279 e. The van der Waals surface area contributed by atoms with Crippen molar-refractivity contribution in [2.75, 3.05) is 11.9 Å². The first-order chi connectivity index (χ1) is 10.7. The SMILES string of the molecule is CCc1ccc(/C=N\N=C2/C(=O)N(C)c3ccccc32)cc1. The lowest BCUT2D eigenvalue weighted by atomic mass is 10.1. The molecule has 2 aromatic carbocycles. The first kappa shape index (κ1) is 14.2. The quantitative estimate of drug-likeness (QED) is 0.633. The van der Waals surface area contributed by atoms with E-state index in [-0.39, 0.29) is 5.91 Å². The van der Waals surface area contributed by atoms with E-state index in [0.717, 1.165) is 23.2 Å². The second-order valence-electron chi connectivity index (χ2n) is 5.17. The molecule has 110 valence electrons. The molecule has 0 unspecified atom stereocenters. The Labute approximate surface area is 129 Å². The number of hydrogen-bond acceptors (Lipinski definition) is 3. The molecule has 0 fully saturated rings. The van der Waals surface area contributed by atoms with Crippen molar-refractivity contribution in [2.45, 2.75) is 13.3 Å². The van der Waals surface area contributed by atoms with Crippen LogP contribution in [0.15, 0.2) is 58.7 Å². The van der Waals surface area contributed by atoms with Crippen molar-refractivity contribution >= 4 is 23.5 Å². The van der Waals surface area contributed by atoms with E-state index >= 15 is 0 Å². The monoisotopic (exact) mass is 291 g/mol. The number of aryl methyl sites for hydroxylation is 1. The maximum atomic E-state index is 12.2. The van der Waals surface area contributed by atoms with Crippen LogP contribution in [-0.2, 0) is 11.2 Å². The van der Waals surface area contributed by atoms with Crippen molar-refractivity contribution in [1.82, 2.24) is 0 Å². The lowest BCUT2D eigenvalue weighted by Gasteiger charge is -2.07. The summed E-state index contributed by atoms with van der Waals surface area (Å²) in [6, 6.07) is 15.7. The zero-order valence-corrected chi connectivity index (χ0v) is 12.7. The van der Waals surface area contributed by atoms with Gasteiger partial charge in [0.1, 0.15) is 0 Å². The van der Waals surface area contributed by atoms with E-state index in [2.05, 4.69) is 29.3 Å². The Bertz CT molecular complexity index is 760. The summed E-state index contributed by atoms with van der Waals surface area (Å²) in [4.78, 5) is 13.8. The van der Waals surface area contributed by atoms with E-state index in [1.807, 2.05) is 36.4 Å². The van der Waals surface area contributed by atoms with E-state index in [0.29, 0.717) is 5.71 Å². The van der Waals surface area contributed by atoms with Gasteiger partial charge in [-0.3, -0.25) is 4.79 Å². The van der Waals surface area contributed by atoms with Gasteiger partial charge in [-0.25, -0.2) is 0 Å². The van der Waals surface area contributed by atoms with Crippen LogP contribution < -0.4 is 4.90 Å². The highest BCUT2D eigenvalue weighted by atomic mass is 16.2. The van der Waals surface area contributed by atoms with E-state index in [4.69, 9.17) is 0 Å². The topological polar surface area (TPSA) is 45.0 Å². The minimum Gasteiger partial charge on any atom is -0.309 e. The molecular formula is C18H17N3O. The van der Waals surface area contributed by atoms with Crippen LogP contribution in [0.5, 0.6) is 0 Å². The molecule has 0 aliphatic carbocycles. The van der Waals surface area contributed by atoms with Gasteiger partial charge in [0.25, 0.3) is 5.91 Å². The molecule has 0 saturated carbocycles. The van der Waals surface area contributed by atoms with Gasteiger partial charge in [-0.1, -0.05) is 49.4 Å². The number of para-hydroxylation sites is 1. The highest BCUT2D eigenvalue weighted by molar-refractivity contribution is 6.54. The van der Waals surface area contributed by atoms with Gasteiger partial charge in [0.15, 0.2) is 5.71 Å². The summed E-state index contributed by atoms with van der Waals surface area (Å²) in [5.41, 5.74) is 4.33. The van der Waals surface area contributed by atoms with Gasteiger partial charge in [0.2, 0.25) is 0 Å². The molecule has 1 aliphatic rings. The molecular weight excluding hydrogens is 274 g/mol. The second-order valence-corrected chi connectivity index (χ2v) is 5.17. The van der Waals surface area contributed by atoms with Crippen molar-refractivity contribution in [1.29, 1.82) is 0 Å². The minimum atomic E-state index is -0.125. The molecule has 22 heavy (non-hydrogen) atoms. The van der Waals surface area contributed by atoms with Crippen molar-refractivity contribution in [3.8, 4) is 0 Å². The second kappa shape index (κ2) is 5.93. The lowest BCUT2D eigenvalue weighted by molar-refractivity contribution is -0.111. The standard InChI is InChI=1S/C18H17N3O/c1-3-13-8-10-14(11-9-13)12-19-20-17-15-6-4-5-7-16(15)21(2)18(17)22/h4-12H,3H2,1-2H3/b19-12-,20-17-. The van der Waals surface area contributed by atoms with Gasteiger partial charge < -0.3 is 4.90 Å². The molecule has 0 radical (unpaired) electrons. The molecule has 0 saturated heterocycles. The summed E-state index contributed by atoms with van der Waals surface area (Å²) < 4.78 is 0. The van der Waals surface area contributed by atoms with Crippen molar-refractivity contribution < 1.29 is 4.79 Å². The van der Waals surface area contributed by atoms with E-state index < -0.39 is 0 Å². The number of carbonyl (C=O) groups is 1. The first-order valence-corrected chi connectivity index (χ1v) is 7.28. The van der Waals surface area contributed by atoms with Gasteiger partial charge in [-0.05, 0) is 23.6 Å². The predicted octanol–water partition coefficient (Wildman–Crippen LogP) is 3.05. The summed E-state index contributed by atoms with van der Waals surface area (Å²) >= 11 is 0. The molecule has 0 aromatic heterocycles. The fourth-order valence-electron chi connectivity index (χ4n) is 2.44. The number of amides is 1. The van der Waals surface area contributed by atoms with Crippen LogP contribution in [0.3, 0.4) is 0 Å². The van der Waals surface area contributed by atoms with Gasteiger partial charge in [0.05, 0.1) is 11.9 Å². The number of nitrogens with zero attached hydrogens (tertiary/aromatic N) is 3. The van der Waals surface area contributed by atoms with Crippen molar-refractivity contribution in [3.05, 3.63) is 65.2 Å². The van der Waals surface area contributed by atoms with Gasteiger partial charge in [0, 0.05) is 12.6 Å². The highest BCUT2D eigenvalue weighted by Crippen LogP contribution is 2.27. The van der Waals surface area contributed by atoms with Crippen LogP contribution in [0.25, 0.3) is 0 Å². The largest absolute Gasteiger partial charge is 0.309 e. The molecule has 0 bridgehead atoms. The summed E-state index contributed by atoms with van der Waals surface area (Å²) in [5.74, 6) is -0.125. The van der Waals surface area contributed by atoms with Gasteiger partial charge in [-0.15, -0.1) is 5.10 Å². The summed E-state index contributed by atoms with van der Waals surface area (Å²) in [7, 11) is 1.75. The number of carbonyl (C=O) groups excluding carboxylic acids is 1. The molecule has 4 heteroatoms. The smallest absolute Gasteiger partial charge is 0.279 e. The minimum absolute atomic E-state index is 0.125. The maximum absolute atomic E-state index is 12.2. The highest BCUT2D eigenvalue weighted by Gasteiger charge is 2.30. The average molecular weight is 291 g/mol. The van der Waals surface area contributed by atoms with Crippen LogP contribution in [0.2, 0.25) is 0 Å². The molecule has 2 aromatic rings. The Kier molecular flexibility index (Phi) is 3.83. The van der Waals surface area contributed by atoms with E-state index in [1.54, 1.807) is 18.2 Å². The summed E-state index contributed by atoms with van der Waals surface area (Å²) in [5, 5.41) is 8.21. The van der Waals surface area contributed by atoms with Crippen molar-refractivity contribution in [3.63, 3.8) is 0 Å². The Morgan fingerprint density at radius 3 is 2.55 bits per heavy atom. The molecule has 0 spiro atoms. The Morgan fingerprint density at radius 1 is 1.09 bits per heavy atom. The van der Waals surface area contributed by atoms with Gasteiger partial charge in [-0.2, -0.15) is 5.10 Å². The number of benzene rings is 2. The Morgan fingerprint density at radius 2 is 1.82 bits per heavy atom.